The lowest BCUT2D eigenvalue weighted by Gasteiger charge is -2.35. The minimum Gasteiger partial charge on any atom is -0.470 e. The molecule has 3 heterocycles. The topological polar surface area (TPSA) is 153 Å². The maximum absolute atomic E-state index is 15.0. The smallest absolute Gasteiger partial charge is 0.416 e. The minimum atomic E-state index is -4.56. The maximum atomic E-state index is 15.0. The van der Waals surface area contributed by atoms with E-state index in [1.807, 2.05) is 20.8 Å². The molecule has 5 aromatic rings. The van der Waals surface area contributed by atoms with Crippen LogP contribution in [0.25, 0.3) is 38.3 Å². The number of halogens is 3. The van der Waals surface area contributed by atoms with Crippen molar-refractivity contribution >= 4 is 55.4 Å². The van der Waals surface area contributed by atoms with Crippen molar-refractivity contribution in [2.45, 2.75) is 82.9 Å². The Labute approximate surface area is 356 Å². The second-order valence-corrected chi connectivity index (χ2v) is 19.6. The summed E-state index contributed by atoms with van der Waals surface area (Å²) in [5, 5.41) is -0.0576. The van der Waals surface area contributed by atoms with E-state index in [4.69, 9.17) is 15.7 Å². The first-order chi connectivity index (χ1) is 29.3. The summed E-state index contributed by atoms with van der Waals surface area (Å²) >= 11 is 0. The third-order valence-electron chi connectivity index (χ3n) is 12.3. The Bertz CT molecular complexity index is 2750. The fraction of sp³-hybridized carbons (Fsp3) is 0.391. The van der Waals surface area contributed by atoms with Crippen LogP contribution < -0.4 is 9.46 Å². The molecule has 0 bridgehead atoms. The SMILES string of the molecule is [C-]#[N+]c1ccc(C[C@H](C(=O)N2C[C@H](Oc3nc(-c4ccc(C(F)(F)F)cc4)nc4c3oc3ccccc34)C[C@H]2C(=O)C[C@]2(C(=O)NS(=O)(=O)C3CC3)C[C@H]2C=C)C(C)(C)C)cc1. The molecule has 0 unspecified atom stereocenters. The number of nitrogens with one attached hydrogen (secondary N) is 1. The number of carbonyl (C=O) groups is 3. The summed E-state index contributed by atoms with van der Waals surface area (Å²) in [6.45, 7) is 16.8. The lowest BCUT2D eigenvalue weighted by atomic mass is 9.76. The van der Waals surface area contributed by atoms with E-state index < -0.39 is 73.5 Å². The van der Waals surface area contributed by atoms with Gasteiger partial charge in [-0.1, -0.05) is 75.4 Å². The molecule has 0 radical (unpaired) electrons. The molecule has 8 rings (SSSR count). The first kappa shape index (κ1) is 42.6. The molecular weight excluding hydrogens is 824 g/mol. The number of hydrogen-bond acceptors (Lipinski definition) is 9. The van der Waals surface area contributed by atoms with Gasteiger partial charge in [-0.05, 0) is 66.8 Å². The number of ether oxygens (including phenoxy) is 1. The molecule has 2 aliphatic carbocycles. The first-order valence-corrected chi connectivity index (χ1v) is 21.9. The van der Waals surface area contributed by atoms with Crippen LogP contribution in [0.3, 0.4) is 0 Å². The molecule has 2 aromatic heterocycles. The van der Waals surface area contributed by atoms with Crippen molar-refractivity contribution in [3.05, 3.63) is 108 Å². The standard InChI is InChI=1S/C46H44F3N5O7S/c1-6-28-23-45(28,43(57)53-62(58,59)32-19-20-32)24-36(55)35-22-31(25-54(35)42(56)34(44(2,3)4)21-26-11-17-30(50-5)18-12-26)60-41-39-38(33-9-7-8-10-37(33)61-39)51-40(52-41)27-13-15-29(16-14-27)46(47,48)49/h6-18,28,31-32,34-35H,1,19-25H2,2-4H3,(H,53,57)/t28-,31-,34-,35+,45-/m1/s1. The molecule has 0 spiro atoms. The normalized spacial score (nSPS) is 22.0. The Morgan fingerprint density at radius 2 is 1.74 bits per heavy atom. The molecule has 3 fully saturated rings. The van der Waals surface area contributed by atoms with Crippen LogP contribution >= 0.6 is 0 Å². The molecule has 3 aromatic carbocycles. The van der Waals surface area contributed by atoms with Gasteiger partial charge in [-0.25, -0.2) is 18.2 Å². The zero-order valence-corrected chi connectivity index (χ0v) is 35.1. The fourth-order valence-corrected chi connectivity index (χ4v) is 9.77. The summed E-state index contributed by atoms with van der Waals surface area (Å²) in [5.41, 5.74) is -0.348. The predicted molar refractivity (Wildman–Crippen MR) is 224 cm³/mol. The lowest BCUT2D eigenvalue weighted by molar-refractivity contribution is -0.144. The number of Topliss-reactive ketones (excluding diaryl/α,β-unsaturated/α-hetero) is 1. The second-order valence-electron chi connectivity index (χ2n) is 17.6. The van der Waals surface area contributed by atoms with E-state index in [2.05, 4.69) is 26.1 Å². The summed E-state index contributed by atoms with van der Waals surface area (Å²) in [4.78, 5) is 57.6. The molecule has 1 aliphatic heterocycles. The van der Waals surface area contributed by atoms with Crippen molar-refractivity contribution in [2.24, 2.45) is 22.7 Å². The largest absolute Gasteiger partial charge is 0.470 e. The number of amides is 2. The number of hydrogen-bond donors (Lipinski definition) is 1. The van der Waals surface area contributed by atoms with Crippen LogP contribution in [0.1, 0.15) is 64.0 Å². The zero-order chi connectivity index (χ0) is 44.4. The maximum Gasteiger partial charge on any atom is 0.416 e. The second kappa shape index (κ2) is 15.7. The molecule has 3 aliphatic rings. The van der Waals surface area contributed by atoms with Gasteiger partial charge in [0.05, 0.1) is 35.4 Å². The molecule has 1 saturated heterocycles. The van der Waals surface area contributed by atoms with Gasteiger partial charge in [0.2, 0.25) is 27.4 Å². The third-order valence-corrected chi connectivity index (χ3v) is 14.1. The van der Waals surface area contributed by atoms with Gasteiger partial charge in [-0.3, -0.25) is 19.1 Å². The number of carbonyl (C=O) groups excluding carboxylic acids is 3. The molecule has 2 amide bonds. The number of alkyl halides is 3. The summed E-state index contributed by atoms with van der Waals surface area (Å²) in [6.07, 6.45) is -2.89. The minimum absolute atomic E-state index is 0.0285. The van der Waals surface area contributed by atoms with Crippen molar-refractivity contribution in [1.29, 1.82) is 0 Å². The number of fused-ring (bicyclic) bond motifs is 3. The molecule has 322 valence electrons. The molecule has 5 atom stereocenters. The number of ketones is 1. The fourth-order valence-electron chi connectivity index (χ4n) is 8.39. The van der Waals surface area contributed by atoms with Crippen LogP contribution in [0.2, 0.25) is 0 Å². The Morgan fingerprint density at radius 1 is 1.05 bits per heavy atom. The number of rotatable bonds is 13. The van der Waals surface area contributed by atoms with Crippen molar-refractivity contribution in [3.8, 4) is 17.3 Å². The van der Waals surface area contributed by atoms with E-state index in [0.717, 1.165) is 17.7 Å². The highest BCUT2D eigenvalue weighted by molar-refractivity contribution is 7.90. The Balaban J connectivity index is 1.15. The van der Waals surface area contributed by atoms with E-state index in [1.54, 1.807) is 48.5 Å². The first-order valence-electron chi connectivity index (χ1n) is 20.3. The number of nitrogens with zero attached hydrogens (tertiary/aromatic N) is 4. The van der Waals surface area contributed by atoms with Gasteiger partial charge in [0, 0.05) is 29.7 Å². The van der Waals surface area contributed by atoms with E-state index >= 15 is 0 Å². The highest BCUT2D eigenvalue weighted by Gasteiger charge is 2.61. The van der Waals surface area contributed by atoms with Crippen LogP contribution in [0.4, 0.5) is 18.9 Å². The highest BCUT2D eigenvalue weighted by Crippen LogP contribution is 2.57. The molecule has 12 nitrogen and oxygen atoms in total. The van der Waals surface area contributed by atoms with Gasteiger partial charge in [-0.2, -0.15) is 18.2 Å². The average Bonchev–Trinajstić information content (AvgIpc) is 4.14. The number of para-hydroxylation sites is 1. The van der Waals surface area contributed by atoms with Gasteiger partial charge in [0.15, 0.2) is 17.3 Å². The highest BCUT2D eigenvalue weighted by atomic mass is 32.2. The predicted octanol–water partition coefficient (Wildman–Crippen LogP) is 8.63. The lowest BCUT2D eigenvalue weighted by Crippen LogP contribution is -2.48. The van der Waals surface area contributed by atoms with Crippen LogP contribution in [0.15, 0.2) is 89.9 Å². The number of likely N-dealkylation sites (tertiary alicyclic amines) is 1. The van der Waals surface area contributed by atoms with Crippen LogP contribution in [0.5, 0.6) is 5.88 Å². The van der Waals surface area contributed by atoms with E-state index in [1.165, 1.54) is 23.1 Å². The van der Waals surface area contributed by atoms with Crippen molar-refractivity contribution in [2.75, 3.05) is 6.54 Å². The Kier molecular flexibility index (Phi) is 10.8. The van der Waals surface area contributed by atoms with E-state index in [-0.39, 0.29) is 61.0 Å². The number of sulfonamides is 1. The van der Waals surface area contributed by atoms with Gasteiger partial charge in [0.1, 0.15) is 17.2 Å². The Morgan fingerprint density at radius 3 is 2.35 bits per heavy atom. The molecule has 16 heteroatoms. The molecule has 62 heavy (non-hydrogen) atoms. The number of furan rings is 1. The van der Waals surface area contributed by atoms with Gasteiger partial charge in [0.25, 0.3) is 5.88 Å². The summed E-state index contributed by atoms with van der Waals surface area (Å²) in [7, 11) is -3.92. The quantitative estimate of drug-likeness (QED) is 0.0906. The van der Waals surface area contributed by atoms with E-state index in [0.29, 0.717) is 35.0 Å². The van der Waals surface area contributed by atoms with Gasteiger partial charge >= 0.3 is 6.18 Å². The summed E-state index contributed by atoms with van der Waals surface area (Å²) < 4.78 is 81.1. The van der Waals surface area contributed by atoms with Crippen molar-refractivity contribution in [3.63, 3.8) is 0 Å². The monoisotopic (exact) mass is 867 g/mol. The molecule has 2 saturated carbocycles. The van der Waals surface area contributed by atoms with Crippen LogP contribution in [0, 0.1) is 29.2 Å². The van der Waals surface area contributed by atoms with Crippen molar-refractivity contribution in [1.82, 2.24) is 19.6 Å². The average molecular weight is 868 g/mol. The number of benzene rings is 3. The molecular formula is C46H44F3N5O7S. The van der Waals surface area contributed by atoms with E-state index in [9.17, 15) is 36.0 Å². The van der Waals surface area contributed by atoms with Crippen LogP contribution in [-0.4, -0.2) is 64.8 Å². The van der Waals surface area contributed by atoms with Gasteiger partial charge in [-0.15, -0.1) is 6.58 Å². The molecule has 1 N–H and O–H groups in total. The van der Waals surface area contributed by atoms with Crippen molar-refractivity contribution < 1.29 is 45.1 Å². The number of allylic oxidation sites excluding steroid dienone is 1. The Hall–Kier alpha value is -6.08. The van der Waals surface area contributed by atoms with Gasteiger partial charge < -0.3 is 14.1 Å². The zero-order valence-electron chi connectivity index (χ0n) is 34.2. The van der Waals surface area contributed by atoms with Crippen LogP contribution in [-0.2, 0) is 37.0 Å². The summed E-state index contributed by atoms with van der Waals surface area (Å²) in [5.74, 6) is -2.69. The third kappa shape index (κ3) is 8.30. The summed E-state index contributed by atoms with van der Waals surface area (Å²) in [6, 6.07) is 17.3. The number of aromatic nitrogens is 2.